The van der Waals surface area contributed by atoms with Crippen LogP contribution in [0.1, 0.15) is 28.8 Å². The van der Waals surface area contributed by atoms with E-state index in [0.717, 1.165) is 24.9 Å². The molecule has 0 aromatic heterocycles. The van der Waals surface area contributed by atoms with E-state index in [9.17, 15) is 9.18 Å². The van der Waals surface area contributed by atoms with E-state index in [0.29, 0.717) is 29.3 Å². The molecule has 5 nitrogen and oxygen atoms in total. The van der Waals surface area contributed by atoms with E-state index >= 15 is 0 Å². The van der Waals surface area contributed by atoms with E-state index in [1.54, 1.807) is 31.4 Å². The largest absolute Gasteiger partial charge is 0.497 e. The topological polar surface area (TPSA) is 50.8 Å². The van der Waals surface area contributed by atoms with Crippen molar-refractivity contribution < 1.29 is 18.7 Å². The molecule has 1 fully saturated rings. The number of methoxy groups -OCH3 is 2. The smallest absolute Gasteiger partial charge is 0.255 e. The minimum absolute atomic E-state index is 0.0574. The molecule has 144 valence electrons. The van der Waals surface area contributed by atoms with Crippen LogP contribution in [0.25, 0.3) is 0 Å². The van der Waals surface area contributed by atoms with Crippen molar-refractivity contribution in [1.82, 2.24) is 5.32 Å². The van der Waals surface area contributed by atoms with Gasteiger partial charge in [-0.1, -0.05) is 6.07 Å². The number of benzene rings is 2. The minimum atomic E-state index is -0.232. The van der Waals surface area contributed by atoms with Gasteiger partial charge in [0.15, 0.2) is 0 Å². The number of amides is 1. The summed E-state index contributed by atoms with van der Waals surface area (Å²) in [5, 5.41) is 3.06. The molecule has 0 bridgehead atoms. The van der Waals surface area contributed by atoms with Crippen molar-refractivity contribution in [2.24, 2.45) is 0 Å². The number of rotatable bonds is 5. The van der Waals surface area contributed by atoms with E-state index in [4.69, 9.17) is 9.47 Å². The highest BCUT2D eigenvalue weighted by molar-refractivity contribution is 5.97. The number of piperidine rings is 1. The summed E-state index contributed by atoms with van der Waals surface area (Å²) in [6.45, 7) is 3.30. The van der Waals surface area contributed by atoms with Gasteiger partial charge in [0.25, 0.3) is 5.91 Å². The number of nitrogens with one attached hydrogen (secondary N) is 1. The van der Waals surface area contributed by atoms with Gasteiger partial charge in [0.05, 0.1) is 25.5 Å². The van der Waals surface area contributed by atoms with Gasteiger partial charge in [-0.3, -0.25) is 4.79 Å². The van der Waals surface area contributed by atoms with Crippen molar-refractivity contribution in [3.05, 3.63) is 53.3 Å². The predicted molar refractivity (Wildman–Crippen MR) is 103 cm³/mol. The summed E-state index contributed by atoms with van der Waals surface area (Å²) in [6.07, 6.45) is 1.74. The van der Waals surface area contributed by atoms with Crippen LogP contribution >= 0.6 is 0 Å². The molecule has 1 unspecified atom stereocenters. The zero-order valence-corrected chi connectivity index (χ0v) is 15.9. The van der Waals surface area contributed by atoms with Gasteiger partial charge in [0.2, 0.25) is 0 Å². The lowest BCUT2D eigenvalue weighted by Crippen LogP contribution is -2.48. The number of carbonyl (C=O) groups is 1. The Hall–Kier alpha value is -2.76. The van der Waals surface area contributed by atoms with Crippen molar-refractivity contribution in [2.45, 2.75) is 25.8 Å². The molecule has 0 aliphatic carbocycles. The van der Waals surface area contributed by atoms with E-state index in [-0.39, 0.29) is 17.8 Å². The number of ether oxygens (including phenoxy) is 2. The predicted octanol–water partition coefficient (Wildman–Crippen LogP) is 3.55. The SMILES string of the molecule is COc1ccc(C(=O)NC2CCCN(c3cc(C)ccc3F)C2)c(OC)c1. The molecular formula is C21H25FN2O3. The molecule has 0 saturated carbocycles. The van der Waals surface area contributed by atoms with Crippen molar-refractivity contribution >= 4 is 11.6 Å². The van der Waals surface area contributed by atoms with Crippen molar-refractivity contribution in [3.63, 3.8) is 0 Å². The van der Waals surface area contributed by atoms with Gasteiger partial charge in [-0.05, 0) is 49.6 Å². The molecular weight excluding hydrogens is 347 g/mol. The van der Waals surface area contributed by atoms with Gasteiger partial charge >= 0.3 is 0 Å². The maximum Gasteiger partial charge on any atom is 0.255 e. The Kier molecular flexibility index (Phi) is 5.84. The summed E-state index contributed by atoms with van der Waals surface area (Å²) in [4.78, 5) is 14.7. The molecule has 2 aromatic rings. The van der Waals surface area contributed by atoms with Crippen molar-refractivity contribution in [1.29, 1.82) is 0 Å². The first-order valence-electron chi connectivity index (χ1n) is 9.06. The zero-order chi connectivity index (χ0) is 19.4. The normalized spacial score (nSPS) is 16.7. The Bertz CT molecular complexity index is 825. The third-order valence-electron chi connectivity index (χ3n) is 4.85. The molecule has 27 heavy (non-hydrogen) atoms. The fraction of sp³-hybridized carbons (Fsp3) is 0.381. The summed E-state index contributed by atoms with van der Waals surface area (Å²) in [6, 6.07) is 10.2. The molecule has 1 aliphatic heterocycles. The quantitative estimate of drug-likeness (QED) is 0.872. The first kappa shape index (κ1) is 19.0. The summed E-state index contributed by atoms with van der Waals surface area (Å²) in [5.74, 6) is 0.655. The highest BCUT2D eigenvalue weighted by Crippen LogP contribution is 2.26. The first-order chi connectivity index (χ1) is 13.0. The van der Waals surface area contributed by atoms with E-state index in [2.05, 4.69) is 5.32 Å². The molecule has 3 rings (SSSR count). The van der Waals surface area contributed by atoms with Crippen LogP contribution in [0.2, 0.25) is 0 Å². The van der Waals surface area contributed by atoms with Gasteiger partial charge < -0.3 is 19.7 Å². The fourth-order valence-electron chi connectivity index (χ4n) is 3.43. The highest BCUT2D eigenvalue weighted by atomic mass is 19.1. The number of hydrogen-bond donors (Lipinski definition) is 1. The maximum atomic E-state index is 14.2. The molecule has 1 amide bonds. The average Bonchev–Trinajstić information content (AvgIpc) is 2.69. The Morgan fingerprint density at radius 1 is 1.19 bits per heavy atom. The van der Waals surface area contributed by atoms with Crippen LogP contribution in [0.5, 0.6) is 11.5 Å². The second-order valence-electron chi connectivity index (χ2n) is 6.78. The van der Waals surface area contributed by atoms with Crippen LogP contribution in [-0.4, -0.2) is 39.3 Å². The van der Waals surface area contributed by atoms with Crippen LogP contribution in [-0.2, 0) is 0 Å². The summed E-state index contributed by atoms with van der Waals surface area (Å²) >= 11 is 0. The fourth-order valence-corrected chi connectivity index (χ4v) is 3.43. The number of carbonyl (C=O) groups excluding carboxylic acids is 1. The first-order valence-corrected chi connectivity index (χ1v) is 9.06. The van der Waals surface area contributed by atoms with Crippen molar-refractivity contribution in [3.8, 4) is 11.5 Å². The Balaban J connectivity index is 1.72. The Morgan fingerprint density at radius 2 is 2.00 bits per heavy atom. The van der Waals surface area contributed by atoms with E-state index in [1.165, 1.54) is 13.2 Å². The summed E-state index contributed by atoms with van der Waals surface area (Å²) < 4.78 is 24.7. The highest BCUT2D eigenvalue weighted by Gasteiger charge is 2.25. The summed E-state index contributed by atoms with van der Waals surface area (Å²) in [7, 11) is 3.09. The number of hydrogen-bond acceptors (Lipinski definition) is 4. The van der Waals surface area contributed by atoms with Crippen LogP contribution in [0.15, 0.2) is 36.4 Å². The number of anilines is 1. The second-order valence-corrected chi connectivity index (χ2v) is 6.78. The van der Waals surface area contributed by atoms with E-state index in [1.807, 2.05) is 17.9 Å². The van der Waals surface area contributed by atoms with Crippen molar-refractivity contribution in [2.75, 3.05) is 32.2 Å². The Morgan fingerprint density at radius 3 is 2.74 bits per heavy atom. The number of aryl methyl sites for hydroxylation is 1. The van der Waals surface area contributed by atoms with Gasteiger partial charge in [-0.25, -0.2) is 4.39 Å². The van der Waals surface area contributed by atoms with Gasteiger partial charge in [0, 0.05) is 25.2 Å². The molecule has 1 heterocycles. The second kappa shape index (κ2) is 8.29. The average molecular weight is 372 g/mol. The van der Waals surface area contributed by atoms with Crippen LogP contribution in [0.3, 0.4) is 0 Å². The third kappa shape index (κ3) is 4.32. The number of halogens is 1. The zero-order valence-electron chi connectivity index (χ0n) is 15.9. The monoisotopic (exact) mass is 372 g/mol. The van der Waals surface area contributed by atoms with Gasteiger partial charge in [-0.15, -0.1) is 0 Å². The minimum Gasteiger partial charge on any atom is -0.497 e. The number of nitrogens with zero attached hydrogens (tertiary/aromatic N) is 1. The van der Waals surface area contributed by atoms with Crippen LogP contribution in [0, 0.1) is 12.7 Å². The van der Waals surface area contributed by atoms with Gasteiger partial charge in [0.1, 0.15) is 17.3 Å². The van der Waals surface area contributed by atoms with Gasteiger partial charge in [-0.2, -0.15) is 0 Å². The molecule has 1 saturated heterocycles. The lowest BCUT2D eigenvalue weighted by Gasteiger charge is -2.35. The van der Waals surface area contributed by atoms with Crippen LogP contribution in [0.4, 0.5) is 10.1 Å². The molecule has 0 radical (unpaired) electrons. The Labute approximate surface area is 159 Å². The van der Waals surface area contributed by atoms with Crippen LogP contribution < -0.4 is 19.7 Å². The maximum absolute atomic E-state index is 14.2. The summed E-state index contributed by atoms with van der Waals surface area (Å²) in [5.41, 5.74) is 2.06. The lowest BCUT2D eigenvalue weighted by molar-refractivity contribution is 0.0930. The molecule has 1 N–H and O–H groups in total. The molecule has 6 heteroatoms. The third-order valence-corrected chi connectivity index (χ3v) is 4.85. The standard InChI is InChI=1S/C21H25FN2O3/c1-14-6-9-18(22)19(11-14)24-10-4-5-15(13-24)23-21(25)17-8-7-16(26-2)12-20(17)27-3/h6-9,11-12,15H,4-5,10,13H2,1-3H3,(H,23,25). The molecule has 2 aromatic carbocycles. The molecule has 1 atom stereocenters. The lowest BCUT2D eigenvalue weighted by atomic mass is 10.0. The van der Waals surface area contributed by atoms with E-state index < -0.39 is 0 Å². The molecule has 1 aliphatic rings. The molecule has 0 spiro atoms.